The molecule has 0 aromatic heterocycles. The van der Waals surface area contributed by atoms with E-state index in [2.05, 4.69) is 30.6 Å². The number of para-hydroxylation sites is 1. The highest BCUT2D eigenvalue weighted by molar-refractivity contribution is 5.94. The number of nitrogens with zero attached hydrogens (tertiary/aromatic N) is 2. The number of hydrogen-bond donors (Lipinski definition) is 1. The molecule has 2 aromatic carbocycles. The van der Waals surface area contributed by atoms with Gasteiger partial charge in [0, 0.05) is 36.2 Å². The Balaban J connectivity index is 0.000000396. The molecule has 1 N–H and O–H groups in total. The highest BCUT2D eigenvalue weighted by atomic mass is 19.4. The van der Waals surface area contributed by atoms with Crippen LogP contribution in [-0.2, 0) is 16.6 Å². The molecule has 30 heavy (non-hydrogen) atoms. The van der Waals surface area contributed by atoms with E-state index in [1.165, 1.54) is 23.8 Å². The van der Waals surface area contributed by atoms with Gasteiger partial charge in [-0.05, 0) is 19.4 Å². The number of carbonyl (C=O) groups excluding carboxylic acids is 1. The van der Waals surface area contributed by atoms with E-state index in [1.807, 2.05) is 19.2 Å². The van der Waals surface area contributed by atoms with E-state index < -0.39 is 17.1 Å². The Kier molecular flexibility index (Phi) is 6.19. The molecule has 1 atom stereocenters. The number of rotatable bonds is 3. The summed E-state index contributed by atoms with van der Waals surface area (Å²) in [6.07, 6.45) is -4.69. The van der Waals surface area contributed by atoms with Crippen LogP contribution in [0, 0.1) is 10.1 Å². The lowest BCUT2D eigenvalue weighted by atomic mass is 9.75. The summed E-state index contributed by atoms with van der Waals surface area (Å²) in [7, 11) is 2.02. The van der Waals surface area contributed by atoms with E-state index in [0.29, 0.717) is 12.0 Å². The van der Waals surface area contributed by atoms with Crippen molar-refractivity contribution in [2.75, 3.05) is 7.05 Å². The van der Waals surface area contributed by atoms with Crippen molar-refractivity contribution in [3.8, 4) is 5.75 Å². The lowest BCUT2D eigenvalue weighted by molar-refractivity contribution is -0.403. The van der Waals surface area contributed by atoms with Gasteiger partial charge in [0.05, 0.1) is 10.3 Å². The fourth-order valence-corrected chi connectivity index (χ4v) is 3.41. The smallest absolute Gasteiger partial charge is 0.430 e. The number of hydrogen-bond acceptors (Lipinski definition) is 5. The topological polar surface area (TPSA) is 107 Å². The van der Waals surface area contributed by atoms with E-state index in [4.69, 9.17) is 9.90 Å². The first-order valence-electron chi connectivity index (χ1n) is 8.70. The largest absolute Gasteiger partial charge is 0.542 e. The number of aliphatic carboxylic acids is 1. The van der Waals surface area contributed by atoms with Gasteiger partial charge in [-0.15, -0.1) is 0 Å². The van der Waals surface area contributed by atoms with Crippen LogP contribution in [0.25, 0.3) is 0 Å². The van der Waals surface area contributed by atoms with E-state index in [-0.39, 0.29) is 16.9 Å². The van der Waals surface area contributed by atoms with Gasteiger partial charge in [0.25, 0.3) is 5.69 Å². The second-order valence-corrected chi connectivity index (χ2v) is 7.03. The molecule has 0 fully saturated rings. The molecule has 1 aliphatic heterocycles. The molecule has 0 radical (unpaired) electrons. The van der Waals surface area contributed by atoms with Gasteiger partial charge in [-0.2, -0.15) is 13.2 Å². The number of carbonyl (C=O) groups is 1. The molecule has 0 bridgehead atoms. The van der Waals surface area contributed by atoms with Crippen LogP contribution in [0.1, 0.15) is 25.0 Å². The van der Waals surface area contributed by atoms with Gasteiger partial charge in [-0.25, -0.2) is 4.58 Å². The molecule has 3 rings (SSSR count). The first-order chi connectivity index (χ1) is 13.8. The molecule has 7 nitrogen and oxygen atoms in total. The van der Waals surface area contributed by atoms with Crippen LogP contribution in [0.4, 0.5) is 24.5 Å². The Labute approximate surface area is 169 Å². The van der Waals surface area contributed by atoms with Crippen LogP contribution in [-0.4, -0.2) is 39.5 Å². The summed E-state index contributed by atoms with van der Waals surface area (Å²) in [6.45, 7) is 4.18. The quantitative estimate of drug-likeness (QED) is 0.463. The minimum atomic E-state index is -5.19. The Morgan fingerprint density at radius 3 is 2.33 bits per heavy atom. The number of carboxylic acids is 1. The number of phenols is 1. The molecule has 0 saturated carbocycles. The average Bonchev–Trinajstić information content (AvgIpc) is 2.85. The Morgan fingerprint density at radius 2 is 1.80 bits per heavy atom. The SMILES string of the molecule is CC1=[N+](C)c2ccccc2C1(C)Cc1cc([N+](=O)[O-])ccc1O.O=C([O-])C(F)(F)F. The summed E-state index contributed by atoms with van der Waals surface area (Å²) in [6, 6.07) is 12.3. The van der Waals surface area contributed by atoms with Gasteiger partial charge < -0.3 is 15.0 Å². The lowest BCUT2D eigenvalue weighted by Crippen LogP contribution is -2.37. The fraction of sp³-hybridized carbons (Fsp3) is 0.300. The number of aromatic hydroxyl groups is 1. The van der Waals surface area contributed by atoms with Crippen LogP contribution in [0.15, 0.2) is 42.5 Å². The fourth-order valence-electron chi connectivity index (χ4n) is 3.41. The summed E-state index contributed by atoms with van der Waals surface area (Å²) in [5.74, 6) is -2.91. The van der Waals surface area contributed by atoms with E-state index in [9.17, 15) is 28.4 Å². The van der Waals surface area contributed by atoms with Crippen molar-refractivity contribution in [2.45, 2.75) is 31.9 Å². The monoisotopic (exact) mass is 424 g/mol. The molecule has 0 saturated heterocycles. The van der Waals surface area contributed by atoms with Gasteiger partial charge in [0.1, 0.15) is 18.8 Å². The molecule has 1 aliphatic rings. The number of nitro groups is 1. The maximum Gasteiger partial charge on any atom is 0.430 e. The maximum atomic E-state index is 11.0. The van der Waals surface area contributed by atoms with Crippen LogP contribution >= 0.6 is 0 Å². The Bertz CT molecular complexity index is 1030. The number of non-ortho nitro benzene ring substituents is 1. The lowest BCUT2D eigenvalue weighted by Gasteiger charge is -2.22. The third-order valence-electron chi connectivity index (χ3n) is 5.21. The standard InChI is InChI=1S/C18H18N2O3.C2HF3O2/c1-12-18(2,15-6-4-5-7-16(15)19(12)3)11-13-10-14(20(22)23)8-9-17(13)21;3-2(4,5)1(6)7/h4-10H,11H2,1-3H3;(H,6,7). The van der Waals surface area contributed by atoms with Gasteiger partial charge in [-0.1, -0.05) is 18.2 Å². The number of alkyl halides is 3. The van der Waals surface area contributed by atoms with Gasteiger partial charge in [0.2, 0.25) is 5.69 Å². The van der Waals surface area contributed by atoms with Crippen molar-refractivity contribution < 1.29 is 37.7 Å². The summed E-state index contributed by atoms with van der Waals surface area (Å²) < 4.78 is 33.7. The molecular weight excluding hydrogens is 405 g/mol. The van der Waals surface area contributed by atoms with Crippen LogP contribution < -0.4 is 5.11 Å². The van der Waals surface area contributed by atoms with E-state index >= 15 is 0 Å². The number of carboxylic acid groups (broad SMARTS) is 1. The van der Waals surface area contributed by atoms with Crippen molar-refractivity contribution in [1.82, 2.24) is 0 Å². The number of fused-ring (bicyclic) bond motifs is 1. The Morgan fingerprint density at radius 1 is 1.23 bits per heavy atom. The minimum Gasteiger partial charge on any atom is -0.542 e. The van der Waals surface area contributed by atoms with Crippen molar-refractivity contribution in [2.24, 2.45) is 0 Å². The Hall–Kier alpha value is -3.43. The average molecular weight is 424 g/mol. The zero-order valence-corrected chi connectivity index (χ0v) is 16.4. The molecule has 160 valence electrons. The summed E-state index contributed by atoms with van der Waals surface area (Å²) in [5.41, 5.74) is 3.75. The molecule has 0 spiro atoms. The molecule has 1 heterocycles. The van der Waals surface area contributed by atoms with Crippen LogP contribution in [0.2, 0.25) is 0 Å². The number of phenolic OH excluding ortho intramolecular Hbond substituents is 1. The third kappa shape index (κ3) is 4.42. The second kappa shape index (κ2) is 8.13. The molecule has 1 unspecified atom stereocenters. The molecule has 0 amide bonds. The predicted molar refractivity (Wildman–Crippen MR) is 99.8 cm³/mol. The zero-order chi connectivity index (χ0) is 22.9. The third-order valence-corrected chi connectivity index (χ3v) is 5.21. The van der Waals surface area contributed by atoms with Crippen molar-refractivity contribution in [3.05, 3.63) is 63.7 Å². The van der Waals surface area contributed by atoms with Crippen molar-refractivity contribution in [1.29, 1.82) is 0 Å². The second-order valence-electron chi connectivity index (χ2n) is 7.03. The molecule has 2 aromatic rings. The van der Waals surface area contributed by atoms with Crippen LogP contribution in [0.5, 0.6) is 5.75 Å². The highest BCUT2D eigenvalue weighted by Crippen LogP contribution is 2.42. The molecular formula is C20H19F3N2O5. The maximum absolute atomic E-state index is 11.0. The predicted octanol–water partition coefficient (Wildman–Crippen LogP) is 2.85. The number of halogens is 3. The van der Waals surface area contributed by atoms with Gasteiger partial charge >= 0.3 is 6.18 Å². The first kappa shape index (κ1) is 22.9. The molecule has 0 aliphatic carbocycles. The van der Waals surface area contributed by atoms with Gasteiger partial charge in [-0.3, -0.25) is 10.1 Å². The zero-order valence-electron chi connectivity index (χ0n) is 16.4. The summed E-state index contributed by atoms with van der Waals surface area (Å²) >= 11 is 0. The number of benzene rings is 2. The number of nitro benzene ring substituents is 1. The van der Waals surface area contributed by atoms with Crippen molar-refractivity contribution in [3.63, 3.8) is 0 Å². The van der Waals surface area contributed by atoms with E-state index in [1.54, 1.807) is 0 Å². The van der Waals surface area contributed by atoms with Gasteiger partial charge in [0.15, 0.2) is 5.71 Å². The van der Waals surface area contributed by atoms with Crippen molar-refractivity contribution >= 4 is 23.1 Å². The summed E-state index contributed by atoms with van der Waals surface area (Å²) in [4.78, 5) is 19.4. The highest BCUT2D eigenvalue weighted by Gasteiger charge is 2.45. The normalized spacial score (nSPS) is 17.8. The van der Waals surface area contributed by atoms with E-state index in [0.717, 1.165) is 11.4 Å². The summed E-state index contributed by atoms with van der Waals surface area (Å²) in [5, 5.41) is 29.9. The minimum absolute atomic E-state index is 0.00121. The molecule has 10 heteroatoms. The van der Waals surface area contributed by atoms with Crippen LogP contribution in [0.3, 0.4) is 0 Å². The first-order valence-corrected chi connectivity index (χ1v) is 8.70.